The Balaban J connectivity index is 3.08. The topological polar surface area (TPSA) is 35.2 Å². The lowest BCUT2D eigenvalue weighted by Gasteiger charge is -2.16. The van der Waals surface area contributed by atoms with Gasteiger partial charge in [-0.3, -0.25) is 4.84 Å². The Kier molecular flexibility index (Phi) is 4.93. The van der Waals surface area contributed by atoms with Gasteiger partial charge >= 0.3 is 0 Å². The summed E-state index contributed by atoms with van der Waals surface area (Å²) in [5.41, 5.74) is 0.973. The van der Waals surface area contributed by atoms with E-state index in [2.05, 4.69) is 13.8 Å². The zero-order chi connectivity index (χ0) is 11.4. The molecule has 2 nitrogen and oxygen atoms in total. The Morgan fingerprint density at radius 3 is 2.53 bits per heavy atom. The Morgan fingerprint density at radius 2 is 2.00 bits per heavy atom. The van der Waals surface area contributed by atoms with Crippen molar-refractivity contribution in [2.45, 2.75) is 37.0 Å². The summed E-state index contributed by atoms with van der Waals surface area (Å²) in [6.45, 7) is 6.18. The minimum atomic E-state index is -0.181. The van der Waals surface area contributed by atoms with Crippen LogP contribution in [-0.2, 0) is 4.84 Å². The van der Waals surface area contributed by atoms with Gasteiger partial charge in [0.2, 0.25) is 0 Å². The molecule has 0 aliphatic rings. The van der Waals surface area contributed by atoms with E-state index in [1.165, 1.54) is 0 Å². The van der Waals surface area contributed by atoms with Gasteiger partial charge in [0.15, 0.2) is 0 Å². The fraction of sp³-hybridized carbons (Fsp3) is 0.455. The molecule has 0 saturated heterocycles. The van der Waals surface area contributed by atoms with Crippen molar-refractivity contribution < 1.29 is 4.84 Å². The van der Waals surface area contributed by atoms with Crippen LogP contribution in [0, 0.1) is 0 Å². The number of benzene rings is 1. The van der Waals surface area contributed by atoms with E-state index in [1.54, 1.807) is 11.8 Å². The van der Waals surface area contributed by atoms with Crippen molar-refractivity contribution in [2.24, 2.45) is 5.90 Å². The summed E-state index contributed by atoms with van der Waals surface area (Å²) in [6.07, 6.45) is -0.181. The van der Waals surface area contributed by atoms with Gasteiger partial charge in [-0.2, -0.15) is 0 Å². The molecule has 0 aliphatic carbocycles. The van der Waals surface area contributed by atoms with Crippen LogP contribution in [0.2, 0.25) is 5.02 Å². The number of rotatable bonds is 4. The highest BCUT2D eigenvalue weighted by Gasteiger charge is 2.15. The predicted molar refractivity (Wildman–Crippen MR) is 66.1 cm³/mol. The molecule has 0 radical (unpaired) electrons. The third-order valence-electron chi connectivity index (χ3n) is 1.99. The molecular weight excluding hydrogens is 230 g/mol. The first-order valence-corrected chi connectivity index (χ1v) is 6.12. The second-order valence-corrected chi connectivity index (χ2v) is 5.62. The van der Waals surface area contributed by atoms with Crippen LogP contribution < -0.4 is 5.90 Å². The average molecular weight is 246 g/mol. The van der Waals surface area contributed by atoms with Crippen LogP contribution in [0.25, 0.3) is 0 Å². The Morgan fingerprint density at radius 1 is 1.33 bits per heavy atom. The second-order valence-electron chi connectivity index (χ2n) is 3.60. The van der Waals surface area contributed by atoms with Gasteiger partial charge in [0.05, 0.1) is 0 Å². The van der Waals surface area contributed by atoms with Crippen LogP contribution in [0.4, 0.5) is 0 Å². The second kappa shape index (κ2) is 5.75. The highest BCUT2D eigenvalue weighted by Crippen LogP contribution is 2.35. The van der Waals surface area contributed by atoms with Crippen molar-refractivity contribution in [3.8, 4) is 0 Å². The maximum Gasteiger partial charge on any atom is 0.103 e. The van der Waals surface area contributed by atoms with E-state index >= 15 is 0 Å². The first-order valence-electron chi connectivity index (χ1n) is 4.86. The summed E-state index contributed by atoms with van der Waals surface area (Å²) in [5, 5.41) is 1.21. The molecule has 0 amide bonds. The first kappa shape index (κ1) is 12.8. The number of hydrogen-bond donors (Lipinski definition) is 1. The summed E-state index contributed by atoms with van der Waals surface area (Å²) in [7, 11) is 0. The minimum absolute atomic E-state index is 0.181. The normalized spacial score (nSPS) is 13.2. The van der Waals surface area contributed by atoms with E-state index in [1.807, 2.05) is 25.1 Å². The molecule has 2 N–H and O–H groups in total. The SMILES string of the molecule is CC(C)Sc1cccc(Cl)c1C(C)ON. The van der Waals surface area contributed by atoms with Gasteiger partial charge in [-0.25, -0.2) is 5.90 Å². The van der Waals surface area contributed by atoms with Gasteiger partial charge in [0.25, 0.3) is 0 Å². The van der Waals surface area contributed by atoms with Crippen LogP contribution in [0.15, 0.2) is 23.1 Å². The van der Waals surface area contributed by atoms with E-state index in [0.717, 1.165) is 10.5 Å². The van der Waals surface area contributed by atoms with Crippen molar-refractivity contribution in [1.29, 1.82) is 0 Å². The van der Waals surface area contributed by atoms with Gasteiger partial charge < -0.3 is 0 Å². The van der Waals surface area contributed by atoms with Crippen molar-refractivity contribution >= 4 is 23.4 Å². The van der Waals surface area contributed by atoms with Gasteiger partial charge in [0, 0.05) is 20.7 Å². The van der Waals surface area contributed by atoms with Crippen molar-refractivity contribution in [1.82, 2.24) is 0 Å². The van der Waals surface area contributed by atoms with E-state index in [9.17, 15) is 0 Å². The molecule has 0 aromatic heterocycles. The monoisotopic (exact) mass is 245 g/mol. The number of thioether (sulfide) groups is 1. The molecule has 0 aliphatic heterocycles. The summed E-state index contributed by atoms with van der Waals surface area (Å²) in [5.74, 6) is 5.20. The van der Waals surface area contributed by atoms with Gasteiger partial charge in [-0.1, -0.05) is 31.5 Å². The van der Waals surface area contributed by atoms with Gasteiger partial charge in [-0.15, -0.1) is 11.8 Å². The van der Waals surface area contributed by atoms with Crippen molar-refractivity contribution in [2.75, 3.05) is 0 Å². The van der Waals surface area contributed by atoms with Crippen LogP contribution in [0.1, 0.15) is 32.4 Å². The fourth-order valence-corrected chi connectivity index (χ4v) is 2.79. The van der Waals surface area contributed by atoms with Crippen molar-refractivity contribution in [3.63, 3.8) is 0 Å². The average Bonchev–Trinajstić information content (AvgIpc) is 2.16. The predicted octanol–water partition coefficient (Wildman–Crippen LogP) is 3.79. The molecule has 1 atom stereocenters. The zero-order valence-electron chi connectivity index (χ0n) is 9.16. The lowest BCUT2D eigenvalue weighted by molar-refractivity contribution is 0.0647. The quantitative estimate of drug-likeness (QED) is 0.648. The molecule has 1 rings (SSSR count). The largest absolute Gasteiger partial charge is 0.297 e. The third kappa shape index (κ3) is 3.38. The summed E-state index contributed by atoms with van der Waals surface area (Å²) in [6, 6.07) is 5.85. The highest BCUT2D eigenvalue weighted by molar-refractivity contribution is 8.00. The maximum absolute atomic E-state index is 6.14. The highest BCUT2D eigenvalue weighted by atomic mass is 35.5. The van der Waals surface area contributed by atoms with E-state index in [0.29, 0.717) is 10.3 Å². The smallest absolute Gasteiger partial charge is 0.103 e. The molecule has 1 aromatic rings. The Labute approximate surface area is 100 Å². The molecule has 1 aromatic carbocycles. The van der Waals surface area contributed by atoms with Gasteiger partial charge in [0.1, 0.15) is 6.10 Å². The minimum Gasteiger partial charge on any atom is -0.297 e. The van der Waals surface area contributed by atoms with Crippen LogP contribution in [-0.4, -0.2) is 5.25 Å². The number of nitrogens with two attached hydrogens (primary N) is 1. The number of hydrogen-bond acceptors (Lipinski definition) is 3. The molecule has 0 fully saturated rings. The molecule has 4 heteroatoms. The standard InChI is InChI=1S/C11H16ClNOS/c1-7(2)15-10-6-4-5-9(12)11(10)8(3)14-13/h4-8H,13H2,1-3H3. The molecule has 0 bridgehead atoms. The molecule has 84 valence electrons. The van der Waals surface area contributed by atoms with E-state index in [-0.39, 0.29) is 6.10 Å². The first-order chi connectivity index (χ1) is 7.06. The third-order valence-corrected chi connectivity index (χ3v) is 3.40. The van der Waals surface area contributed by atoms with Gasteiger partial charge in [-0.05, 0) is 19.1 Å². The molecule has 15 heavy (non-hydrogen) atoms. The van der Waals surface area contributed by atoms with Crippen molar-refractivity contribution in [3.05, 3.63) is 28.8 Å². The Bertz CT molecular complexity index is 330. The zero-order valence-corrected chi connectivity index (χ0v) is 10.7. The van der Waals surface area contributed by atoms with Crippen LogP contribution in [0.5, 0.6) is 0 Å². The van der Waals surface area contributed by atoms with Crippen LogP contribution in [0.3, 0.4) is 0 Å². The Hall–Kier alpha value is -0.220. The molecular formula is C11H16ClNOS. The summed E-state index contributed by atoms with van der Waals surface area (Å²) < 4.78 is 0. The lowest BCUT2D eigenvalue weighted by Crippen LogP contribution is -2.07. The van der Waals surface area contributed by atoms with Crippen LogP contribution >= 0.6 is 23.4 Å². The lowest BCUT2D eigenvalue weighted by atomic mass is 10.1. The van der Waals surface area contributed by atoms with E-state index in [4.69, 9.17) is 22.3 Å². The fourth-order valence-electron chi connectivity index (χ4n) is 1.34. The molecule has 0 spiro atoms. The molecule has 0 saturated carbocycles. The summed E-state index contributed by atoms with van der Waals surface area (Å²) >= 11 is 7.90. The maximum atomic E-state index is 6.14. The van der Waals surface area contributed by atoms with E-state index < -0.39 is 0 Å². The summed E-state index contributed by atoms with van der Waals surface area (Å²) in [4.78, 5) is 5.98. The molecule has 0 heterocycles. The number of halogens is 1. The molecule has 1 unspecified atom stereocenters.